The number of nitriles is 1. The van der Waals surface area contributed by atoms with Crippen LogP contribution in [-0.4, -0.2) is 47.9 Å². The van der Waals surface area contributed by atoms with Crippen LogP contribution in [0.4, 0.5) is 15.1 Å². The lowest BCUT2D eigenvalue weighted by Crippen LogP contribution is -2.36. The summed E-state index contributed by atoms with van der Waals surface area (Å²) in [6, 6.07) is 14.2. The highest BCUT2D eigenvalue weighted by atomic mass is 35.5. The summed E-state index contributed by atoms with van der Waals surface area (Å²) in [5, 5.41) is 9.97. The lowest BCUT2D eigenvalue weighted by Gasteiger charge is -2.27. The number of nitrogens with zero attached hydrogens (tertiary/aromatic N) is 4. The van der Waals surface area contributed by atoms with Crippen molar-refractivity contribution in [2.24, 2.45) is 0 Å². The fraction of sp³-hybridized carbons (Fsp3) is 0.333. The average Bonchev–Trinajstić information content (AvgIpc) is 3.31. The van der Waals surface area contributed by atoms with Gasteiger partial charge in [0.15, 0.2) is 5.75 Å². The molecule has 1 unspecified atom stereocenters. The Labute approximate surface area is 229 Å². The smallest absolute Gasteiger partial charge is 0.417 e. The van der Waals surface area contributed by atoms with Gasteiger partial charge in [-0.3, -0.25) is 0 Å². The van der Waals surface area contributed by atoms with E-state index in [1.54, 1.807) is 18.2 Å². The highest BCUT2D eigenvalue weighted by Crippen LogP contribution is 2.38. The molecule has 4 rings (SSSR count). The number of halogens is 3. The Morgan fingerprint density at radius 2 is 1.97 bits per heavy atom. The first-order chi connectivity index (χ1) is 18.3. The topological polar surface area (TPSA) is 97.6 Å². The number of aromatic nitrogens is 2. The molecule has 1 atom stereocenters. The molecule has 0 N–H and O–H groups in total. The normalized spacial score (nSPS) is 15.2. The number of benzene rings is 2. The van der Waals surface area contributed by atoms with Crippen molar-refractivity contribution in [3.8, 4) is 17.6 Å². The van der Waals surface area contributed by atoms with E-state index in [0.29, 0.717) is 27.8 Å². The zero-order valence-electron chi connectivity index (χ0n) is 20.8. The molecule has 38 heavy (non-hydrogen) atoms. The van der Waals surface area contributed by atoms with Crippen molar-refractivity contribution in [3.63, 3.8) is 0 Å². The fourth-order valence-electron chi connectivity index (χ4n) is 4.02. The number of cyclic esters (lactones) is 1. The van der Waals surface area contributed by atoms with Gasteiger partial charge >= 0.3 is 6.09 Å². The van der Waals surface area contributed by atoms with Crippen LogP contribution in [0.3, 0.4) is 0 Å². The van der Waals surface area contributed by atoms with Crippen molar-refractivity contribution in [1.29, 1.82) is 5.26 Å². The highest BCUT2D eigenvalue weighted by molar-refractivity contribution is 6.32. The molecule has 2 aromatic carbocycles. The van der Waals surface area contributed by atoms with Gasteiger partial charge in [-0.2, -0.15) is 5.26 Å². The number of amides is 1. The van der Waals surface area contributed by atoms with Gasteiger partial charge in [-0.25, -0.2) is 24.1 Å². The first-order valence-corrected chi connectivity index (χ1v) is 12.7. The van der Waals surface area contributed by atoms with E-state index in [0.717, 1.165) is 16.0 Å². The second-order valence-corrected chi connectivity index (χ2v) is 9.81. The number of alkyl halides is 2. The molecule has 1 fully saturated rings. The summed E-state index contributed by atoms with van der Waals surface area (Å²) < 4.78 is 29.6. The molecule has 1 aromatic heterocycles. The van der Waals surface area contributed by atoms with Crippen LogP contribution in [0.2, 0.25) is 5.02 Å². The predicted molar refractivity (Wildman–Crippen MR) is 141 cm³/mol. The van der Waals surface area contributed by atoms with Crippen molar-refractivity contribution < 1.29 is 23.4 Å². The Kier molecular flexibility index (Phi) is 8.55. The van der Waals surface area contributed by atoms with E-state index in [2.05, 4.69) is 16.0 Å². The number of hydrogen-bond donors (Lipinski definition) is 0. The van der Waals surface area contributed by atoms with E-state index < -0.39 is 24.2 Å². The van der Waals surface area contributed by atoms with Crippen molar-refractivity contribution in [1.82, 2.24) is 9.97 Å². The predicted octanol–water partition coefficient (Wildman–Crippen LogP) is 5.82. The zero-order valence-corrected chi connectivity index (χ0v) is 22.3. The number of ether oxygens (including phenoxy) is 3. The van der Waals surface area contributed by atoms with E-state index in [-0.39, 0.29) is 31.6 Å². The average molecular weight is 559 g/mol. The third-order valence-electron chi connectivity index (χ3n) is 6.23. The van der Waals surface area contributed by atoms with Crippen LogP contribution in [0.5, 0.6) is 11.5 Å². The maximum atomic E-state index is 13.2. The Bertz CT molecular complexity index is 1350. The number of hydrogen-bond acceptors (Lipinski definition) is 7. The van der Waals surface area contributed by atoms with Crippen LogP contribution in [-0.2, 0) is 16.8 Å². The van der Waals surface area contributed by atoms with E-state index >= 15 is 0 Å². The molecule has 0 saturated carbocycles. The fourth-order valence-corrected chi connectivity index (χ4v) is 4.37. The summed E-state index contributed by atoms with van der Waals surface area (Å²) in [5.74, 6) is 1.29. The standard InChI is InChI=1S/C27H25Cl2FN4O4/c1-27(2,19-11-17(14-31)24(23(29)12-19)36-10-8-28)18-3-5-22(6-4-18)37-15-20-7-9-32-25(33-20)34-21(13-30)16-38-26(34)35/h3-7,9,11-12,21H,8,10,13,15-16H2,1-2H3. The maximum absolute atomic E-state index is 13.2. The molecular formula is C27H25Cl2FN4O4. The largest absolute Gasteiger partial charge is 0.489 e. The summed E-state index contributed by atoms with van der Waals surface area (Å²) in [6.07, 6.45) is 0.810. The summed E-state index contributed by atoms with van der Waals surface area (Å²) in [4.78, 5) is 21.5. The summed E-state index contributed by atoms with van der Waals surface area (Å²) in [6.45, 7) is 3.63. The zero-order chi connectivity index (χ0) is 27.3. The number of rotatable bonds is 10. The first kappa shape index (κ1) is 27.4. The number of anilines is 1. The van der Waals surface area contributed by atoms with Gasteiger partial charge in [0.05, 0.1) is 22.2 Å². The molecular weight excluding hydrogens is 534 g/mol. The lowest BCUT2D eigenvalue weighted by molar-refractivity contribution is 0.177. The van der Waals surface area contributed by atoms with Crippen molar-refractivity contribution in [2.75, 3.05) is 30.7 Å². The molecule has 3 aromatic rings. The van der Waals surface area contributed by atoms with Gasteiger partial charge in [-0.05, 0) is 41.5 Å². The Balaban J connectivity index is 1.47. The summed E-state index contributed by atoms with van der Waals surface area (Å²) in [7, 11) is 0. The minimum atomic E-state index is -0.755. The SMILES string of the molecule is CC(C)(c1ccc(OCc2ccnc(N3C(=O)OCC3CF)n2)cc1)c1cc(Cl)c(OCCCl)c(C#N)c1. The molecule has 0 aliphatic carbocycles. The van der Waals surface area contributed by atoms with Crippen LogP contribution in [0.1, 0.15) is 36.2 Å². The van der Waals surface area contributed by atoms with Crippen LogP contribution in [0.15, 0.2) is 48.7 Å². The van der Waals surface area contributed by atoms with Crippen molar-refractivity contribution in [3.05, 3.63) is 76.1 Å². The van der Waals surface area contributed by atoms with Gasteiger partial charge in [0.1, 0.15) is 44.4 Å². The monoisotopic (exact) mass is 558 g/mol. The molecule has 198 valence electrons. The van der Waals surface area contributed by atoms with Crippen molar-refractivity contribution in [2.45, 2.75) is 31.9 Å². The molecule has 0 spiro atoms. The van der Waals surface area contributed by atoms with Crippen LogP contribution >= 0.6 is 23.2 Å². The molecule has 1 saturated heterocycles. The molecule has 1 aliphatic rings. The van der Waals surface area contributed by atoms with Gasteiger partial charge in [0.2, 0.25) is 5.95 Å². The molecule has 1 amide bonds. The molecule has 2 heterocycles. The Morgan fingerprint density at radius 3 is 2.66 bits per heavy atom. The van der Waals surface area contributed by atoms with Crippen LogP contribution < -0.4 is 14.4 Å². The number of carbonyl (C=O) groups is 1. The minimum Gasteiger partial charge on any atom is -0.489 e. The highest BCUT2D eigenvalue weighted by Gasteiger charge is 2.36. The molecule has 0 radical (unpaired) electrons. The summed E-state index contributed by atoms with van der Waals surface area (Å²) in [5.41, 5.74) is 2.22. The molecule has 11 heteroatoms. The number of carbonyl (C=O) groups excluding carboxylic acids is 1. The van der Waals surface area contributed by atoms with E-state index in [9.17, 15) is 14.4 Å². The third kappa shape index (κ3) is 5.77. The van der Waals surface area contributed by atoms with Crippen LogP contribution in [0.25, 0.3) is 0 Å². The van der Waals surface area contributed by atoms with Gasteiger partial charge in [-0.15, -0.1) is 11.6 Å². The maximum Gasteiger partial charge on any atom is 0.417 e. The lowest BCUT2D eigenvalue weighted by atomic mass is 9.77. The Morgan fingerprint density at radius 1 is 1.21 bits per heavy atom. The van der Waals surface area contributed by atoms with Crippen LogP contribution in [0, 0.1) is 11.3 Å². The molecule has 1 aliphatic heterocycles. The second kappa shape index (κ2) is 11.8. The van der Waals surface area contributed by atoms with E-state index in [4.69, 9.17) is 37.4 Å². The Hall–Kier alpha value is -3.61. The van der Waals surface area contributed by atoms with Gasteiger partial charge in [-0.1, -0.05) is 37.6 Å². The second-order valence-electron chi connectivity index (χ2n) is 9.03. The van der Waals surface area contributed by atoms with Gasteiger partial charge in [0.25, 0.3) is 0 Å². The van der Waals surface area contributed by atoms with Gasteiger partial charge < -0.3 is 14.2 Å². The van der Waals surface area contributed by atoms with E-state index in [1.807, 2.05) is 38.1 Å². The molecule has 8 nitrogen and oxygen atoms in total. The quantitative estimate of drug-likeness (QED) is 0.289. The summed E-state index contributed by atoms with van der Waals surface area (Å²) >= 11 is 12.2. The van der Waals surface area contributed by atoms with Gasteiger partial charge in [0, 0.05) is 11.6 Å². The van der Waals surface area contributed by atoms with E-state index in [1.165, 1.54) is 6.20 Å². The first-order valence-electron chi connectivity index (χ1n) is 11.8. The van der Waals surface area contributed by atoms with Crippen molar-refractivity contribution >= 4 is 35.2 Å². The third-order valence-corrected chi connectivity index (χ3v) is 6.66. The minimum absolute atomic E-state index is 0.0436. The molecule has 0 bridgehead atoms.